The molecule has 1 N–H and O–H groups in total. The summed E-state index contributed by atoms with van der Waals surface area (Å²) in [5.74, 6) is -0.759. The molecule has 0 aliphatic carbocycles. The fourth-order valence-electron chi connectivity index (χ4n) is 2.63. The molecular weight excluding hydrogens is 277 g/mol. The molecule has 1 aliphatic rings. The van der Waals surface area contributed by atoms with E-state index in [9.17, 15) is 9.18 Å². The van der Waals surface area contributed by atoms with Crippen LogP contribution in [0.3, 0.4) is 0 Å². The Kier molecular flexibility index (Phi) is 5.14. The van der Waals surface area contributed by atoms with Crippen LogP contribution in [0.2, 0.25) is 0 Å². The number of hydrogen-bond acceptors (Lipinski definition) is 4. The summed E-state index contributed by atoms with van der Waals surface area (Å²) in [4.78, 5) is 12.7. The second-order valence-corrected chi connectivity index (χ2v) is 5.34. The van der Waals surface area contributed by atoms with Gasteiger partial charge in [0.1, 0.15) is 23.8 Å². The van der Waals surface area contributed by atoms with Gasteiger partial charge in [-0.2, -0.15) is 0 Å². The topological polar surface area (TPSA) is 59.0 Å². The smallest absolute Gasteiger partial charge is 0.317 e. The molecule has 0 aromatic heterocycles. The Morgan fingerprint density at radius 2 is 2.33 bits per heavy atom. The van der Waals surface area contributed by atoms with Gasteiger partial charge in [-0.15, -0.1) is 0 Å². The summed E-state index contributed by atoms with van der Waals surface area (Å²) >= 11 is 0. The van der Waals surface area contributed by atoms with Gasteiger partial charge < -0.3 is 14.6 Å². The average molecular weight is 297 g/mol. The van der Waals surface area contributed by atoms with Gasteiger partial charge in [0.25, 0.3) is 0 Å². The van der Waals surface area contributed by atoms with Crippen LogP contribution in [0, 0.1) is 5.82 Å². The van der Waals surface area contributed by atoms with Crippen molar-refractivity contribution in [3.8, 4) is 5.75 Å². The molecule has 2 rings (SSSR count). The van der Waals surface area contributed by atoms with E-state index in [0.29, 0.717) is 12.3 Å². The molecule has 0 spiro atoms. The Morgan fingerprint density at radius 1 is 1.52 bits per heavy atom. The summed E-state index contributed by atoms with van der Waals surface area (Å²) in [6.07, 6.45) is 1.63. The quantitative estimate of drug-likeness (QED) is 0.867. The van der Waals surface area contributed by atoms with Crippen molar-refractivity contribution in [2.24, 2.45) is 0 Å². The predicted molar refractivity (Wildman–Crippen MR) is 74.9 cm³/mol. The fraction of sp³-hybridized carbons (Fsp3) is 0.533. The minimum absolute atomic E-state index is 0.00885. The molecule has 116 valence electrons. The maximum absolute atomic E-state index is 13.1. The van der Waals surface area contributed by atoms with Gasteiger partial charge in [0, 0.05) is 19.7 Å². The summed E-state index contributed by atoms with van der Waals surface area (Å²) in [7, 11) is 1.60. The number of nitrogens with zero attached hydrogens (tertiary/aromatic N) is 1. The van der Waals surface area contributed by atoms with Crippen LogP contribution in [0.5, 0.6) is 5.75 Å². The second-order valence-electron chi connectivity index (χ2n) is 5.34. The third-order valence-electron chi connectivity index (χ3n) is 3.71. The van der Waals surface area contributed by atoms with E-state index >= 15 is 0 Å². The Bertz CT molecular complexity index is 496. The average Bonchev–Trinajstić information content (AvgIpc) is 2.45. The number of hydrogen-bond donors (Lipinski definition) is 1. The normalized spacial score (nSPS) is 23.0. The third-order valence-corrected chi connectivity index (χ3v) is 3.71. The van der Waals surface area contributed by atoms with E-state index in [-0.39, 0.29) is 19.0 Å². The first kappa shape index (κ1) is 15.7. The third kappa shape index (κ3) is 4.41. The van der Waals surface area contributed by atoms with E-state index in [4.69, 9.17) is 14.6 Å². The molecular formula is C15H20FNO4. The Labute approximate surface area is 123 Å². The van der Waals surface area contributed by atoms with Crippen molar-refractivity contribution in [3.63, 3.8) is 0 Å². The second kappa shape index (κ2) is 6.87. The highest BCUT2D eigenvalue weighted by atomic mass is 19.1. The minimum atomic E-state index is -0.854. The first-order valence-electron chi connectivity index (χ1n) is 6.91. The molecule has 1 aliphatic heterocycles. The molecule has 6 heteroatoms. The summed E-state index contributed by atoms with van der Waals surface area (Å²) < 4.78 is 24.4. The van der Waals surface area contributed by atoms with Gasteiger partial charge in [0.2, 0.25) is 0 Å². The standard InChI is InChI=1S/C15H20FNO4/c1-20-15(6-3-7-17(10-15)9-14(18)19)11-21-13-5-2-4-12(16)8-13/h2,4-5,8H,3,6-7,9-11H2,1H3,(H,18,19). The molecule has 0 bridgehead atoms. The van der Waals surface area contributed by atoms with Gasteiger partial charge in [-0.05, 0) is 31.5 Å². The van der Waals surface area contributed by atoms with Gasteiger partial charge in [-0.3, -0.25) is 9.69 Å². The van der Waals surface area contributed by atoms with E-state index in [0.717, 1.165) is 19.4 Å². The number of aliphatic carboxylic acids is 1. The van der Waals surface area contributed by atoms with E-state index < -0.39 is 11.6 Å². The number of carboxylic acids is 1. The zero-order chi connectivity index (χ0) is 15.3. The highest BCUT2D eigenvalue weighted by Crippen LogP contribution is 2.26. The number of methoxy groups -OCH3 is 1. The van der Waals surface area contributed by atoms with Crippen molar-refractivity contribution >= 4 is 5.97 Å². The lowest BCUT2D eigenvalue weighted by Gasteiger charge is -2.40. The van der Waals surface area contributed by atoms with Crippen LogP contribution >= 0.6 is 0 Å². The van der Waals surface area contributed by atoms with Gasteiger partial charge in [-0.25, -0.2) is 4.39 Å². The lowest BCUT2D eigenvalue weighted by atomic mass is 9.93. The van der Waals surface area contributed by atoms with Crippen LogP contribution in [0.25, 0.3) is 0 Å². The molecule has 1 saturated heterocycles. The largest absolute Gasteiger partial charge is 0.490 e. The monoisotopic (exact) mass is 297 g/mol. The molecule has 0 saturated carbocycles. The van der Waals surface area contributed by atoms with Crippen LogP contribution in [0.15, 0.2) is 24.3 Å². The number of likely N-dealkylation sites (tertiary alicyclic amines) is 1. The molecule has 1 atom stereocenters. The molecule has 5 nitrogen and oxygen atoms in total. The number of rotatable bonds is 6. The van der Waals surface area contributed by atoms with E-state index in [2.05, 4.69) is 0 Å². The molecule has 21 heavy (non-hydrogen) atoms. The lowest BCUT2D eigenvalue weighted by molar-refractivity contribution is -0.141. The fourth-order valence-corrected chi connectivity index (χ4v) is 2.63. The summed E-state index contributed by atoms with van der Waals surface area (Å²) in [6, 6.07) is 5.95. The Hall–Kier alpha value is -1.66. The zero-order valence-electron chi connectivity index (χ0n) is 12.0. The highest BCUT2D eigenvalue weighted by Gasteiger charge is 2.37. The lowest BCUT2D eigenvalue weighted by Crippen LogP contribution is -2.53. The van der Waals surface area contributed by atoms with Gasteiger partial charge in [-0.1, -0.05) is 6.07 Å². The van der Waals surface area contributed by atoms with Crippen molar-refractivity contribution in [1.29, 1.82) is 0 Å². The number of carbonyl (C=O) groups is 1. The first-order valence-corrected chi connectivity index (χ1v) is 6.91. The zero-order valence-corrected chi connectivity index (χ0v) is 12.0. The Morgan fingerprint density at radius 3 is 3.00 bits per heavy atom. The van der Waals surface area contributed by atoms with Crippen molar-refractivity contribution < 1.29 is 23.8 Å². The summed E-state index contributed by atoms with van der Waals surface area (Å²) in [5.41, 5.74) is -0.556. The number of benzene rings is 1. The van der Waals surface area contributed by atoms with Crippen molar-refractivity contribution in [1.82, 2.24) is 4.90 Å². The number of ether oxygens (including phenoxy) is 2. The number of carboxylic acid groups (broad SMARTS) is 1. The molecule has 0 amide bonds. The van der Waals surface area contributed by atoms with Crippen LogP contribution in [-0.2, 0) is 9.53 Å². The molecule has 1 heterocycles. The van der Waals surface area contributed by atoms with Crippen LogP contribution in [0.1, 0.15) is 12.8 Å². The van der Waals surface area contributed by atoms with Crippen LogP contribution in [0.4, 0.5) is 4.39 Å². The van der Waals surface area contributed by atoms with Crippen LogP contribution in [-0.4, -0.2) is 54.9 Å². The Balaban J connectivity index is 1.98. The SMILES string of the molecule is COC1(COc2cccc(F)c2)CCCN(CC(=O)O)C1. The molecule has 0 radical (unpaired) electrons. The highest BCUT2D eigenvalue weighted by molar-refractivity contribution is 5.69. The van der Waals surface area contributed by atoms with Gasteiger partial charge in [0.15, 0.2) is 0 Å². The molecule has 1 aromatic rings. The number of piperidine rings is 1. The van der Waals surface area contributed by atoms with Crippen molar-refractivity contribution in [2.45, 2.75) is 18.4 Å². The van der Waals surface area contributed by atoms with Gasteiger partial charge >= 0.3 is 5.97 Å². The number of halogens is 1. The van der Waals surface area contributed by atoms with Crippen LogP contribution < -0.4 is 4.74 Å². The molecule has 1 aromatic carbocycles. The van der Waals surface area contributed by atoms with Crippen molar-refractivity contribution in [2.75, 3.05) is 33.4 Å². The predicted octanol–water partition coefficient (Wildman–Crippen LogP) is 1.77. The maximum atomic E-state index is 13.1. The van der Waals surface area contributed by atoms with E-state index in [1.54, 1.807) is 19.2 Å². The molecule has 1 unspecified atom stereocenters. The van der Waals surface area contributed by atoms with Gasteiger partial charge in [0.05, 0.1) is 6.54 Å². The maximum Gasteiger partial charge on any atom is 0.317 e. The first-order chi connectivity index (χ1) is 10.0. The summed E-state index contributed by atoms with van der Waals surface area (Å²) in [5, 5.41) is 8.89. The molecule has 1 fully saturated rings. The summed E-state index contributed by atoms with van der Waals surface area (Å²) in [6.45, 7) is 1.48. The van der Waals surface area contributed by atoms with E-state index in [1.807, 2.05) is 4.90 Å². The van der Waals surface area contributed by atoms with Crippen molar-refractivity contribution in [3.05, 3.63) is 30.1 Å². The van der Waals surface area contributed by atoms with E-state index in [1.165, 1.54) is 12.1 Å². The minimum Gasteiger partial charge on any atom is -0.490 e.